The highest BCUT2D eigenvalue weighted by Gasteiger charge is 2.24. The molecule has 6 nitrogen and oxygen atoms in total. The fraction of sp³-hybridized carbons (Fsp3) is 0.176. The van der Waals surface area contributed by atoms with E-state index in [1.807, 2.05) is 5.32 Å². The van der Waals surface area contributed by atoms with E-state index in [9.17, 15) is 31.2 Å². The molecular formula is C17H15F3N2O4S. The van der Waals surface area contributed by atoms with Crippen LogP contribution in [0.3, 0.4) is 0 Å². The highest BCUT2D eigenvalue weighted by Crippen LogP contribution is 2.20. The van der Waals surface area contributed by atoms with Crippen molar-refractivity contribution in [2.24, 2.45) is 0 Å². The monoisotopic (exact) mass is 400 g/mol. The Morgan fingerprint density at radius 1 is 1.07 bits per heavy atom. The van der Waals surface area contributed by atoms with Crippen molar-refractivity contribution in [3.8, 4) is 0 Å². The van der Waals surface area contributed by atoms with Gasteiger partial charge in [-0.2, -0.15) is 4.31 Å². The van der Waals surface area contributed by atoms with Crippen molar-refractivity contribution in [3.05, 3.63) is 59.4 Å². The molecule has 0 saturated carbocycles. The van der Waals surface area contributed by atoms with E-state index in [-0.39, 0.29) is 16.2 Å². The zero-order valence-electron chi connectivity index (χ0n) is 14.3. The number of benzene rings is 2. The van der Waals surface area contributed by atoms with Gasteiger partial charge < -0.3 is 5.32 Å². The van der Waals surface area contributed by atoms with E-state index >= 15 is 0 Å². The van der Waals surface area contributed by atoms with Crippen LogP contribution in [-0.4, -0.2) is 38.0 Å². The number of carbonyl (C=O) groups excluding carboxylic acids is 2. The van der Waals surface area contributed by atoms with Crippen LogP contribution in [0.5, 0.6) is 0 Å². The predicted molar refractivity (Wildman–Crippen MR) is 91.2 cm³/mol. The van der Waals surface area contributed by atoms with Crippen LogP contribution in [0.15, 0.2) is 41.3 Å². The van der Waals surface area contributed by atoms with Gasteiger partial charge in [-0.3, -0.25) is 9.59 Å². The number of carbonyl (C=O) groups is 2. The van der Waals surface area contributed by atoms with Gasteiger partial charge in [-0.25, -0.2) is 21.6 Å². The Bertz CT molecular complexity index is 1010. The lowest BCUT2D eigenvalue weighted by atomic mass is 10.2. The Hall–Kier alpha value is -2.72. The number of sulfonamides is 1. The molecule has 2 aromatic rings. The fourth-order valence-corrected chi connectivity index (χ4v) is 3.33. The van der Waals surface area contributed by atoms with Gasteiger partial charge in [0.1, 0.15) is 0 Å². The van der Waals surface area contributed by atoms with Gasteiger partial charge in [-0.05, 0) is 31.2 Å². The Labute approximate surface area is 153 Å². The van der Waals surface area contributed by atoms with Crippen molar-refractivity contribution >= 4 is 27.4 Å². The number of halogens is 3. The summed E-state index contributed by atoms with van der Waals surface area (Å²) in [5, 5.41) is 1.98. The Kier molecular flexibility index (Phi) is 6.01. The molecule has 0 unspecified atom stereocenters. The summed E-state index contributed by atoms with van der Waals surface area (Å²) < 4.78 is 65.4. The number of nitrogens with one attached hydrogen (secondary N) is 1. The summed E-state index contributed by atoms with van der Waals surface area (Å²) in [4.78, 5) is 23.2. The van der Waals surface area contributed by atoms with E-state index in [4.69, 9.17) is 0 Å². The average Bonchev–Trinajstić information content (AvgIpc) is 2.62. The summed E-state index contributed by atoms with van der Waals surface area (Å²) in [5.41, 5.74) is -0.443. The van der Waals surface area contributed by atoms with Crippen molar-refractivity contribution in [3.63, 3.8) is 0 Å². The smallest absolute Gasteiger partial charge is 0.243 e. The summed E-state index contributed by atoms with van der Waals surface area (Å²) in [6.45, 7) is 0.560. The first-order chi connectivity index (χ1) is 12.5. The van der Waals surface area contributed by atoms with E-state index in [0.29, 0.717) is 10.4 Å². The first-order valence-corrected chi connectivity index (χ1v) is 8.98. The molecule has 2 aromatic carbocycles. The molecule has 0 atom stereocenters. The third-order valence-electron chi connectivity index (χ3n) is 3.62. The number of hydrogen-bond donors (Lipinski definition) is 1. The summed E-state index contributed by atoms with van der Waals surface area (Å²) in [6, 6.07) is 6.69. The van der Waals surface area contributed by atoms with E-state index in [1.54, 1.807) is 0 Å². The van der Waals surface area contributed by atoms with Crippen LogP contribution in [0.25, 0.3) is 0 Å². The zero-order valence-corrected chi connectivity index (χ0v) is 15.1. The maximum absolute atomic E-state index is 13.6. The van der Waals surface area contributed by atoms with Crippen molar-refractivity contribution in [2.45, 2.75) is 11.8 Å². The second-order valence-corrected chi connectivity index (χ2v) is 7.66. The van der Waals surface area contributed by atoms with Crippen molar-refractivity contribution in [1.82, 2.24) is 4.31 Å². The van der Waals surface area contributed by atoms with Crippen LogP contribution >= 0.6 is 0 Å². The van der Waals surface area contributed by atoms with Gasteiger partial charge in [0.15, 0.2) is 23.2 Å². The molecule has 144 valence electrons. The van der Waals surface area contributed by atoms with Crippen LogP contribution in [0.1, 0.15) is 17.3 Å². The van der Waals surface area contributed by atoms with Gasteiger partial charge in [0.25, 0.3) is 0 Å². The summed E-state index contributed by atoms with van der Waals surface area (Å²) in [6.07, 6.45) is 0. The molecule has 0 spiro atoms. The molecule has 0 bridgehead atoms. The van der Waals surface area contributed by atoms with Gasteiger partial charge in [0.05, 0.1) is 17.1 Å². The molecular weight excluding hydrogens is 385 g/mol. The predicted octanol–water partition coefficient (Wildman–Crippen LogP) is 2.57. The van der Waals surface area contributed by atoms with Crippen molar-refractivity contribution < 1.29 is 31.2 Å². The molecule has 0 aliphatic heterocycles. The van der Waals surface area contributed by atoms with Crippen molar-refractivity contribution in [2.75, 3.05) is 18.9 Å². The van der Waals surface area contributed by atoms with E-state index < -0.39 is 45.6 Å². The number of rotatable bonds is 6. The molecule has 0 saturated heterocycles. The number of amides is 1. The van der Waals surface area contributed by atoms with Crippen molar-refractivity contribution in [1.29, 1.82) is 0 Å². The highest BCUT2D eigenvalue weighted by molar-refractivity contribution is 7.89. The minimum absolute atomic E-state index is 0.179. The number of Topliss-reactive ketones (excluding diaryl/α,β-unsaturated/α-hetero) is 1. The summed E-state index contributed by atoms with van der Waals surface area (Å²) in [7, 11) is -3.01. The number of nitrogens with zero attached hydrogens (tertiary/aromatic N) is 1. The molecule has 10 heteroatoms. The molecule has 0 radical (unpaired) electrons. The number of anilines is 1. The maximum Gasteiger partial charge on any atom is 0.243 e. The molecule has 0 aliphatic carbocycles. The van der Waals surface area contributed by atoms with Crippen LogP contribution in [-0.2, 0) is 14.8 Å². The topological polar surface area (TPSA) is 83.6 Å². The van der Waals surface area contributed by atoms with Crippen LogP contribution < -0.4 is 5.32 Å². The molecule has 1 amide bonds. The lowest BCUT2D eigenvalue weighted by Crippen LogP contribution is -2.35. The van der Waals surface area contributed by atoms with E-state index in [2.05, 4.69) is 0 Å². The van der Waals surface area contributed by atoms with Gasteiger partial charge in [-0.15, -0.1) is 0 Å². The van der Waals surface area contributed by atoms with Gasteiger partial charge in [-0.1, -0.05) is 12.1 Å². The Balaban J connectivity index is 2.17. The first-order valence-electron chi connectivity index (χ1n) is 7.54. The van der Waals surface area contributed by atoms with E-state index in [1.165, 1.54) is 31.2 Å². The lowest BCUT2D eigenvalue weighted by molar-refractivity contribution is -0.116. The molecule has 2 rings (SSSR count). The largest absolute Gasteiger partial charge is 0.322 e. The summed E-state index contributed by atoms with van der Waals surface area (Å²) in [5.74, 6) is -6.07. The molecule has 0 aromatic heterocycles. The van der Waals surface area contributed by atoms with Crippen LogP contribution in [0.2, 0.25) is 0 Å². The molecule has 0 aliphatic rings. The van der Waals surface area contributed by atoms with Crippen LogP contribution in [0, 0.1) is 17.5 Å². The van der Waals surface area contributed by atoms with E-state index in [0.717, 1.165) is 13.1 Å². The number of ketones is 1. The molecule has 1 N–H and O–H groups in total. The first kappa shape index (κ1) is 20.6. The third-order valence-corrected chi connectivity index (χ3v) is 5.42. The second-order valence-electron chi connectivity index (χ2n) is 5.62. The quantitative estimate of drug-likeness (QED) is 0.597. The lowest BCUT2D eigenvalue weighted by Gasteiger charge is -2.17. The maximum atomic E-state index is 13.6. The van der Waals surface area contributed by atoms with Crippen LogP contribution in [0.4, 0.5) is 18.9 Å². The molecule has 0 fully saturated rings. The molecule has 0 heterocycles. The third kappa shape index (κ3) is 4.52. The minimum atomic E-state index is -4.11. The Morgan fingerprint density at radius 2 is 1.74 bits per heavy atom. The summed E-state index contributed by atoms with van der Waals surface area (Å²) >= 11 is 0. The minimum Gasteiger partial charge on any atom is -0.322 e. The zero-order chi connectivity index (χ0) is 20.4. The molecule has 27 heavy (non-hydrogen) atoms. The normalized spacial score (nSPS) is 11.5. The second kappa shape index (κ2) is 7.89. The SMILES string of the molecule is CC(=O)c1cccc(S(=O)(=O)N(C)CC(=O)Nc2ccc(F)c(F)c2F)c1. The highest BCUT2D eigenvalue weighted by atomic mass is 32.2. The standard InChI is InChI=1S/C17H15F3N2O4S/c1-10(23)11-4-3-5-12(8-11)27(25,26)22(2)9-15(24)21-14-7-6-13(18)16(19)17(14)20/h3-8H,9H2,1-2H3,(H,21,24). The average molecular weight is 400 g/mol. The number of hydrogen-bond acceptors (Lipinski definition) is 4. The van der Waals surface area contributed by atoms with Gasteiger partial charge in [0.2, 0.25) is 15.9 Å². The number of likely N-dealkylation sites (N-methyl/N-ethyl adjacent to an activating group) is 1. The Morgan fingerprint density at radius 3 is 2.37 bits per heavy atom. The van der Waals surface area contributed by atoms with Gasteiger partial charge >= 0.3 is 0 Å². The van der Waals surface area contributed by atoms with Gasteiger partial charge in [0, 0.05) is 12.6 Å². The fourth-order valence-electron chi connectivity index (χ4n) is 2.15.